The van der Waals surface area contributed by atoms with E-state index < -0.39 is 0 Å². The van der Waals surface area contributed by atoms with Crippen LogP contribution < -0.4 is 5.32 Å². The second-order valence-corrected chi connectivity index (χ2v) is 6.98. The highest BCUT2D eigenvalue weighted by molar-refractivity contribution is 4.77. The van der Waals surface area contributed by atoms with Crippen LogP contribution in [0.25, 0.3) is 0 Å². The highest BCUT2D eigenvalue weighted by Gasteiger charge is 2.22. The Balaban J connectivity index is 2.26. The lowest BCUT2D eigenvalue weighted by Crippen LogP contribution is -2.42. The zero-order chi connectivity index (χ0) is 13.6. The maximum absolute atomic E-state index is 5.55. The Morgan fingerprint density at radius 3 is 2.67 bits per heavy atom. The molecular formula is C15H32N2O. The molecule has 1 rings (SSSR count). The maximum atomic E-state index is 5.55. The Kier molecular flexibility index (Phi) is 6.61. The molecule has 1 aliphatic rings. The van der Waals surface area contributed by atoms with Crippen molar-refractivity contribution in [3.63, 3.8) is 0 Å². The van der Waals surface area contributed by atoms with Gasteiger partial charge in [0.1, 0.15) is 0 Å². The van der Waals surface area contributed by atoms with E-state index >= 15 is 0 Å². The largest absolute Gasteiger partial charge is 0.381 e. The molecule has 0 aromatic rings. The molecule has 108 valence electrons. The summed E-state index contributed by atoms with van der Waals surface area (Å²) >= 11 is 0. The predicted molar refractivity (Wildman–Crippen MR) is 78.0 cm³/mol. The minimum Gasteiger partial charge on any atom is -0.381 e. The van der Waals surface area contributed by atoms with Crippen LogP contribution in [0.2, 0.25) is 0 Å². The van der Waals surface area contributed by atoms with E-state index in [1.54, 1.807) is 0 Å². The second kappa shape index (κ2) is 7.46. The van der Waals surface area contributed by atoms with Crippen LogP contribution in [-0.2, 0) is 4.74 Å². The minimum atomic E-state index is 0.328. The quantitative estimate of drug-likeness (QED) is 0.757. The van der Waals surface area contributed by atoms with E-state index in [9.17, 15) is 0 Å². The summed E-state index contributed by atoms with van der Waals surface area (Å²) in [5, 5.41) is 3.54. The molecule has 3 nitrogen and oxygen atoms in total. The molecule has 0 aromatic heterocycles. The summed E-state index contributed by atoms with van der Waals surface area (Å²) in [7, 11) is 2.24. The Morgan fingerprint density at radius 1 is 1.39 bits per heavy atom. The first-order valence-corrected chi connectivity index (χ1v) is 7.39. The fourth-order valence-electron chi connectivity index (χ4n) is 2.72. The number of ether oxygens (including phenoxy) is 1. The average molecular weight is 256 g/mol. The van der Waals surface area contributed by atoms with E-state index in [4.69, 9.17) is 4.74 Å². The van der Waals surface area contributed by atoms with Crippen molar-refractivity contribution in [2.75, 3.05) is 39.9 Å². The first-order valence-electron chi connectivity index (χ1n) is 7.39. The molecule has 1 fully saturated rings. The van der Waals surface area contributed by atoms with E-state index in [2.05, 4.69) is 45.0 Å². The van der Waals surface area contributed by atoms with Crippen LogP contribution in [0.4, 0.5) is 0 Å². The molecule has 0 bridgehead atoms. The van der Waals surface area contributed by atoms with Crippen molar-refractivity contribution < 1.29 is 4.74 Å². The molecule has 0 aliphatic carbocycles. The van der Waals surface area contributed by atoms with Crippen molar-refractivity contribution in [3.8, 4) is 0 Å². The fourth-order valence-corrected chi connectivity index (χ4v) is 2.72. The van der Waals surface area contributed by atoms with Crippen molar-refractivity contribution in [1.82, 2.24) is 10.2 Å². The Labute approximate surface area is 113 Å². The van der Waals surface area contributed by atoms with Gasteiger partial charge >= 0.3 is 0 Å². The molecule has 1 heterocycles. The molecule has 0 saturated carbocycles. The number of nitrogens with one attached hydrogen (secondary N) is 1. The minimum absolute atomic E-state index is 0.328. The van der Waals surface area contributed by atoms with Crippen LogP contribution in [0.5, 0.6) is 0 Å². The van der Waals surface area contributed by atoms with Gasteiger partial charge in [0.05, 0.1) is 6.61 Å². The molecule has 0 spiro atoms. The second-order valence-electron chi connectivity index (χ2n) is 6.98. The lowest BCUT2D eigenvalue weighted by atomic mass is 9.91. The molecule has 1 saturated heterocycles. The summed E-state index contributed by atoms with van der Waals surface area (Å²) in [6, 6.07) is 0.571. The first-order chi connectivity index (χ1) is 8.39. The van der Waals surface area contributed by atoms with Gasteiger partial charge in [0.2, 0.25) is 0 Å². The van der Waals surface area contributed by atoms with Gasteiger partial charge in [0.25, 0.3) is 0 Å². The van der Waals surface area contributed by atoms with E-state index in [0.717, 1.165) is 32.2 Å². The van der Waals surface area contributed by atoms with Gasteiger partial charge in [0.15, 0.2) is 0 Å². The van der Waals surface area contributed by atoms with Gasteiger partial charge in [0, 0.05) is 32.3 Å². The number of rotatable bonds is 7. The lowest BCUT2D eigenvalue weighted by molar-refractivity contribution is 0.0372. The third-order valence-corrected chi connectivity index (χ3v) is 3.51. The molecule has 0 amide bonds. The van der Waals surface area contributed by atoms with Gasteiger partial charge in [-0.25, -0.2) is 0 Å². The van der Waals surface area contributed by atoms with Crippen LogP contribution in [0.3, 0.4) is 0 Å². The van der Waals surface area contributed by atoms with Crippen LogP contribution >= 0.6 is 0 Å². The van der Waals surface area contributed by atoms with Crippen LogP contribution in [0, 0.1) is 11.3 Å². The number of hydrogen-bond acceptors (Lipinski definition) is 3. The predicted octanol–water partition coefficient (Wildman–Crippen LogP) is 2.37. The first kappa shape index (κ1) is 15.9. The monoisotopic (exact) mass is 256 g/mol. The number of hydrogen-bond donors (Lipinski definition) is 1. The average Bonchev–Trinajstić information content (AvgIpc) is 2.27. The van der Waals surface area contributed by atoms with Gasteiger partial charge in [-0.1, -0.05) is 27.7 Å². The lowest BCUT2D eigenvalue weighted by Gasteiger charge is -2.34. The molecule has 18 heavy (non-hydrogen) atoms. The van der Waals surface area contributed by atoms with Gasteiger partial charge in [-0.3, -0.25) is 0 Å². The standard InChI is InChI=1S/C15H32N2O/c1-13(2)16-11-15(3,4)12-17(5)9-14-7-6-8-18-10-14/h13-14,16H,6-12H2,1-5H3. The Hall–Kier alpha value is -0.120. The van der Waals surface area contributed by atoms with Crippen molar-refractivity contribution in [2.45, 2.75) is 46.6 Å². The Morgan fingerprint density at radius 2 is 2.11 bits per heavy atom. The van der Waals surface area contributed by atoms with E-state index in [-0.39, 0.29) is 0 Å². The van der Waals surface area contributed by atoms with Crippen molar-refractivity contribution in [1.29, 1.82) is 0 Å². The van der Waals surface area contributed by atoms with Crippen LogP contribution in [0.15, 0.2) is 0 Å². The summed E-state index contributed by atoms with van der Waals surface area (Å²) in [4.78, 5) is 2.47. The summed E-state index contributed by atoms with van der Waals surface area (Å²) in [5.41, 5.74) is 0.328. The summed E-state index contributed by atoms with van der Waals surface area (Å²) < 4.78 is 5.55. The van der Waals surface area contributed by atoms with Crippen molar-refractivity contribution in [2.24, 2.45) is 11.3 Å². The molecule has 0 radical (unpaired) electrons. The van der Waals surface area contributed by atoms with Crippen LogP contribution in [0.1, 0.15) is 40.5 Å². The molecule has 1 unspecified atom stereocenters. The van der Waals surface area contributed by atoms with Crippen molar-refractivity contribution >= 4 is 0 Å². The molecule has 1 aliphatic heterocycles. The van der Waals surface area contributed by atoms with Gasteiger partial charge in [-0.15, -0.1) is 0 Å². The topological polar surface area (TPSA) is 24.5 Å². The summed E-state index contributed by atoms with van der Waals surface area (Å²) in [6.07, 6.45) is 2.56. The highest BCUT2D eigenvalue weighted by Crippen LogP contribution is 2.19. The smallest absolute Gasteiger partial charge is 0.0506 e. The zero-order valence-electron chi connectivity index (χ0n) is 13.0. The number of nitrogens with zero attached hydrogens (tertiary/aromatic N) is 1. The van der Waals surface area contributed by atoms with E-state index in [1.807, 2.05) is 0 Å². The summed E-state index contributed by atoms with van der Waals surface area (Å²) in [5.74, 6) is 0.734. The molecule has 1 atom stereocenters. The van der Waals surface area contributed by atoms with Crippen molar-refractivity contribution in [3.05, 3.63) is 0 Å². The SMILES string of the molecule is CC(C)NCC(C)(C)CN(C)CC1CCCOC1. The van der Waals surface area contributed by atoms with Crippen LogP contribution in [-0.4, -0.2) is 50.8 Å². The fraction of sp³-hybridized carbons (Fsp3) is 1.00. The summed E-state index contributed by atoms with van der Waals surface area (Å²) in [6.45, 7) is 14.4. The van der Waals surface area contributed by atoms with Gasteiger partial charge < -0.3 is 15.0 Å². The zero-order valence-corrected chi connectivity index (χ0v) is 13.0. The van der Waals surface area contributed by atoms with E-state index in [1.165, 1.54) is 19.4 Å². The van der Waals surface area contributed by atoms with Gasteiger partial charge in [-0.2, -0.15) is 0 Å². The third-order valence-electron chi connectivity index (χ3n) is 3.51. The van der Waals surface area contributed by atoms with Gasteiger partial charge in [-0.05, 0) is 31.2 Å². The highest BCUT2D eigenvalue weighted by atomic mass is 16.5. The Bertz CT molecular complexity index is 223. The molecule has 3 heteroatoms. The normalized spacial score (nSPS) is 21.8. The third kappa shape index (κ3) is 6.72. The molecule has 1 N–H and O–H groups in total. The molecular weight excluding hydrogens is 224 g/mol. The molecule has 0 aromatic carbocycles. The van der Waals surface area contributed by atoms with E-state index in [0.29, 0.717) is 11.5 Å². The maximum Gasteiger partial charge on any atom is 0.0506 e.